The van der Waals surface area contributed by atoms with E-state index in [2.05, 4.69) is 33.7 Å². The molecule has 0 unspecified atom stereocenters. The maximum Gasteiger partial charge on any atom is 0.246 e. The number of aromatic nitrogens is 2. The van der Waals surface area contributed by atoms with Gasteiger partial charge in [0, 0.05) is 21.0 Å². The highest BCUT2D eigenvalue weighted by molar-refractivity contribution is 7.99. The van der Waals surface area contributed by atoms with Gasteiger partial charge in [-0.15, -0.1) is 0 Å². The van der Waals surface area contributed by atoms with Gasteiger partial charge in [0.15, 0.2) is 0 Å². The number of hydrogen-bond acceptors (Lipinski definition) is 6. The van der Waals surface area contributed by atoms with Crippen molar-refractivity contribution in [2.75, 3.05) is 12.4 Å². The number of para-hydroxylation sites is 1. The molecule has 1 N–H and O–H groups in total. The molecule has 140 valence electrons. The molecule has 28 heavy (non-hydrogen) atoms. The summed E-state index contributed by atoms with van der Waals surface area (Å²) in [6.07, 6.45) is 0. The molecule has 5 nitrogen and oxygen atoms in total. The molecule has 3 aromatic carbocycles. The number of methoxy groups -OCH3 is 1. The smallest absolute Gasteiger partial charge is 0.246 e. The molecule has 0 saturated carbocycles. The van der Waals surface area contributed by atoms with E-state index < -0.39 is 0 Å². The Balaban J connectivity index is 1.44. The second-order valence-corrected chi connectivity index (χ2v) is 7.12. The summed E-state index contributed by atoms with van der Waals surface area (Å²) in [4.78, 5) is 6.81. The molecule has 0 fully saturated rings. The summed E-state index contributed by atoms with van der Waals surface area (Å²) in [5.41, 5.74) is 1.91. The lowest BCUT2D eigenvalue weighted by atomic mass is 10.2. The van der Waals surface area contributed by atoms with Crippen molar-refractivity contribution in [2.45, 2.75) is 16.3 Å². The third kappa shape index (κ3) is 4.35. The quantitative estimate of drug-likeness (QED) is 0.450. The molecule has 0 atom stereocenters. The van der Waals surface area contributed by atoms with Crippen LogP contribution in [-0.2, 0) is 6.54 Å². The lowest BCUT2D eigenvalue weighted by molar-refractivity contribution is 0.384. The van der Waals surface area contributed by atoms with E-state index in [0.29, 0.717) is 18.3 Å². The molecule has 1 aromatic heterocycles. The maximum absolute atomic E-state index is 5.39. The van der Waals surface area contributed by atoms with E-state index in [4.69, 9.17) is 9.26 Å². The van der Waals surface area contributed by atoms with Crippen LogP contribution in [0.25, 0.3) is 11.4 Å². The fraction of sp³-hybridized carbons (Fsp3) is 0.0909. The van der Waals surface area contributed by atoms with Gasteiger partial charge < -0.3 is 14.6 Å². The Labute approximate surface area is 167 Å². The van der Waals surface area contributed by atoms with Crippen molar-refractivity contribution >= 4 is 17.4 Å². The summed E-state index contributed by atoms with van der Waals surface area (Å²) in [5.74, 6) is 1.89. The molecule has 0 saturated heterocycles. The Kier molecular flexibility index (Phi) is 5.58. The predicted octanol–water partition coefficient (Wildman–Crippen LogP) is 5.51. The lowest BCUT2D eigenvalue weighted by Crippen LogP contribution is -2.00. The Hall–Kier alpha value is -3.25. The van der Waals surface area contributed by atoms with Crippen molar-refractivity contribution in [2.24, 2.45) is 0 Å². The van der Waals surface area contributed by atoms with Crippen LogP contribution >= 0.6 is 11.8 Å². The molecule has 0 aliphatic heterocycles. The monoisotopic (exact) mass is 389 g/mol. The summed E-state index contributed by atoms with van der Waals surface area (Å²) in [7, 11) is 1.64. The van der Waals surface area contributed by atoms with Gasteiger partial charge in [-0.25, -0.2) is 0 Å². The highest BCUT2D eigenvalue weighted by Crippen LogP contribution is 2.33. The highest BCUT2D eigenvalue weighted by Gasteiger charge is 2.10. The minimum absolute atomic E-state index is 0.454. The Morgan fingerprint density at radius 1 is 0.929 bits per heavy atom. The first-order valence-electron chi connectivity index (χ1n) is 8.84. The van der Waals surface area contributed by atoms with E-state index >= 15 is 0 Å². The molecule has 0 amide bonds. The molecule has 1 heterocycles. The first-order chi connectivity index (χ1) is 13.8. The lowest BCUT2D eigenvalue weighted by Gasteiger charge is -2.10. The standard InChI is InChI=1S/C22H19N3O2S/c1-26-17-13-11-16(12-14-17)22-24-21(27-25-22)15-23-19-9-5-6-10-20(19)28-18-7-3-2-4-8-18/h2-14,23H,15H2,1H3. The van der Waals surface area contributed by atoms with Gasteiger partial charge in [-0.1, -0.05) is 47.3 Å². The first kappa shape index (κ1) is 18.1. The number of ether oxygens (including phenoxy) is 1. The molecule has 0 spiro atoms. The minimum Gasteiger partial charge on any atom is -0.497 e. The molecule has 0 aliphatic carbocycles. The van der Waals surface area contributed by atoms with Crippen molar-refractivity contribution in [3.8, 4) is 17.1 Å². The van der Waals surface area contributed by atoms with E-state index in [9.17, 15) is 0 Å². The van der Waals surface area contributed by atoms with Crippen molar-refractivity contribution in [3.63, 3.8) is 0 Å². The SMILES string of the molecule is COc1ccc(-c2noc(CNc3ccccc3Sc3ccccc3)n2)cc1. The van der Waals surface area contributed by atoms with Gasteiger partial charge in [0.1, 0.15) is 5.75 Å². The largest absolute Gasteiger partial charge is 0.497 e. The van der Waals surface area contributed by atoms with Gasteiger partial charge in [0.2, 0.25) is 11.7 Å². The van der Waals surface area contributed by atoms with Crippen LogP contribution in [0.3, 0.4) is 0 Å². The summed E-state index contributed by atoms with van der Waals surface area (Å²) in [6, 6.07) is 26.0. The van der Waals surface area contributed by atoms with Gasteiger partial charge in [-0.05, 0) is 48.5 Å². The predicted molar refractivity (Wildman–Crippen MR) is 111 cm³/mol. The number of rotatable bonds is 7. The zero-order valence-electron chi connectivity index (χ0n) is 15.3. The number of anilines is 1. The van der Waals surface area contributed by atoms with Gasteiger partial charge in [0.25, 0.3) is 0 Å². The van der Waals surface area contributed by atoms with E-state index in [0.717, 1.165) is 21.9 Å². The molecule has 0 radical (unpaired) electrons. The third-order valence-corrected chi connectivity index (χ3v) is 5.19. The minimum atomic E-state index is 0.454. The first-order valence-corrected chi connectivity index (χ1v) is 9.66. The third-order valence-electron chi connectivity index (χ3n) is 4.10. The second kappa shape index (κ2) is 8.63. The topological polar surface area (TPSA) is 60.2 Å². The molecular weight excluding hydrogens is 370 g/mol. The fourth-order valence-corrected chi connectivity index (χ4v) is 3.62. The van der Waals surface area contributed by atoms with Crippen molar-refractivity contribution < 1.29 is 9.26 Å². The van der Waals surface area contributed by atoms with Crippen LogP contribution in [0.4, 0.5) is 5.69 Å². The number of hydrogen-bond donors (Lipinski definition) is 1. The van der Waals surface area contributed by atoms with Crippen LogP contribution in [-0.4, -0.2) is 17.3 Å². The average molecular weight is 389 g/mol. The van der Waals surface area contributed by atoms with Gasteiger partial charge >= 0.3 is 0 Å². The van der Waals surface area contributed by atoms with E-state index in [1.54, 1.807) is 18.9 Å². The Bertz CT molecular complexity index is 1030. The molecular formula is C22H19N3O2S. The van der Waals surface area contributed by atoms with Crippen molar-refractivity contribution in [1.82, 2.24) is 10.1 Å². The van der Waals surface area contributed by atoms with Crippen LogP contribution in [0.5, 0.6) is 5.75 Å². The van der Waals surface area contributed by atoms with E-state index in [1.807, 2.05) is 60.7 Å². The van der Waals surface area contributed by atoms with Crippen LogP contribution in [0.2, 0.25) is 0 Å². The van der Waals surface area contributed by atoms with Crippen molar-refractivity contribution in [1.29, 1.82) is 0 Å². The van der Waals surface area contributed by atoms with Crippen LogP contribution in [0, 0.1) is 0 Å². The number of nitrogens with zero attached hydrogens (tertiary/aromatic N) is 2. The van der Waals surface area contributed by atoms with E-state index in [1.165, 1.54) is 4.90 Å². The van der Waals surface area contributed by atoms with Crippen LogP contribution in [0.15, 0.2) is 93.2 Å². The summed E-state index contributed by atoms with van der Waals surface area (Å²) in [6.45, 7) is 0.454. The zero-order chi connectivity index (χ0) is 19.2. The van der Waals surface area contributed by atoms with Gasteiger partial charge in [-0.2, -0.15) is 4.98 Å². The maximum atomic E-state index is 5.39. The molecule has 0 aliphatic rings. The average Bonchev–Trinajstić information content (AvgIpc) is 3.23. The van der Waals surface area contributed by atoms with Gasteiger partial charge in [-0.3, -0.25) is 0 Å². The number of nitrogens with one attached hydrogen (secondary N) is 1. The second-order valence-electron chi connectivity index (χ2n) is 6.01. The summed E-state index contributed by atoms with van der Waals surface area (Å²) >= 11 is 1.71. The Morgan fingerprint density at radius 3 is 2.46 bits per heavy atom. The van der Waals surface area contributed by atoms with Crippen molar-refractivity contribution in [3.05, 3.63) is 84.8 Å². The molecule has 6 heteroatoms. The van der Waals surface area contributed by atoms with E-state index in [-0.39, 0.29) is 0 Å². The number of benzene rings is 3. The van der Waals surface area contributed by atoms with Gasteiger partial charge in [0.05, 0.1) is 13.7 Å². The normalized spacial score (nSPS) is 10.6. The Morgan fingerprint density at radius 2 is 1.68 bits per heavy atom. The zero-order valence-corrected chi connectivity index (χ0v) is 16.1. The molecule has 4 aromatic rings. The molecule has 4 rings (SSSR count). The molecule has 0 bridgehead atoms. The fourth-order valence-electron chi connectivity index (χ4n) is 2.67. The summed E-state index contributed by atoms with van der Waals surface area (Å²) in [5, 5.41) is 7.47. The van der Waals surface area contributed by atoms with Crippen LogP contribution < -0.4 is 10.1 Å². The van der Waals surface area contributed by atoms with Crippen LogP contribution in [0.1, 0.15) is 5.89 Å². The highest BCUT2D eigenvalue weighted by atomic mass is 32.2. The summed E-state index contributed by atoms with van der Waals surface area (Å²) < 4.78 is 10.6.